The summed E-state index contributed by atoms with van der Waals surface area (Å²) in [5, 5.41) is 7.66. The molecule has 1 aromatic heterocycles. The Bertz CT molecular complexity index is 741. The standard InChI is InChI=1S/C18H23N5O/c1-13-6-7-14-4-2-3-5-16(14)23(13)18(24)10-19-15-8-9-17-20-12-21-22(17)11-15/h2-5,12-13,15,19H,6-11H2,1H3/t13-,15-/m0/s1. The van der Waals surface area contributed by atoms with Gasteiger partial charge < -0.3 is 10.2 Å². The number of anilines is 1. The Labute approximate surface area is 141 Å². The molecule has 0 unspecified atom stereocenters. The number of fused-ring (bicyclic) bond motifs is 2. The molecule has 24 heavy (non-hydrogen) atoms. The predicted molar refractivity (Wildman–Crippen MR) is 91.8 cm³/mol. The van der Waals surface area contributed by atoms with Crippen LogP contribution in [-0.2, 0) is 24.2 Å². The number of carbonyl (C=O) groups excluding carboxylic acids is 1. The number of benzene rings is 1. The molecule has 0 saturated carbocycles. The van der Waals surface area contributed by atoms with E-state index < -0.39 is 0 Å². The fourth-order valence-electron chi connectivity index (χ4n) is 3.79. The minimum atomic E-state index is 0.152. The minimum absolute atomic E-state index is 0.152. The summed E-state index contributed by atoms with van der Waals surface area (Å²) in [4.78, 5) is 19.0. The topological polar surface area (TPSA) is 63.1 Å². The first-order valence-corrected chi connectivity index (χ1v) is 8.72. The summed E-state index contributed by atoms with van der Waals surface area (Å²) in [5.74, 6) is 1.19. The van der Waals surface area contributed by atoms with E-state index in [0.717, 1.165) is 43.7 Å². The molecule has 2 aliphatic rings. The highest BCUT2D eigenvalue weighted by Gasteiger charge is 2.28. The molecule has 1 N–H and O–H groups in total. The Kier molecular flexibility index (Phi) is 4.06. The van der Waals surface area contributed by atoms with Gasteiger partial charge in [0.05, 0.1) is 13.1 Å². The van der Waals surface area contributed by atoms with Crippen LogP contribution in [0.25, 0.3) is 0 Å². The highest BCUT2D eigenvalue weighted by atomic mass is 16.2. The zero-order chi connectivity index (χ0) is 16.5. The molecule has 0 fully saturated rings. The van der Waals surface area contributed by atoms with Gasteiger partial charge in [0.25, 0.3) is 0 Å². The van der Waals surface area contributed by atoms with Crippen molar-refractivity contribution in [3.8, 4) is 0 Å². The molecule has 1 amide bonds. The van der Waals surface area contributed by atoms with E-state index >= 15 is 0 Å². The van der Waals surface area contributed by atoms with E-state index in [9.17, 15) is 4.79 Å². The lowest BCUT2D eigenvalue weighted by atomic mass is 9.96. The molecule has 0 bridgehead atoms. The maximum absolute atomic E-state index is 12.8. The van der Waals surface area contributed by atoms with Crippen LogP contribution in [-0.4, -0.2) is 39.3 Å². The van der Waals surface area contributed by atoms with Crippen molar-refractivity contribution in [3.63, 3.8) is 0 Å². The van der Waals surface area contributed by atoms with Gasteiger partial charge in [-0.15, -0.1) is 0 Å². The summed E-state index contributed by atoms with van der Waals surface area (Å²) in [6.07, 6.45) is 5.59. The van der Waals surface area contributed by atoms with Crippen LogP contribution in [0.15, 0.2) is 30.6 Å². The van der Waals surface area contributed by atoms with Crippen molar-refractivity contribution in [1.29, 1.82) is 0 Å². The van der Waals surface area contributed by atoms with E-state index in [1.165, 1.54) is 5.56 Å². The van der Waals surface area contributed by atoms with Crippen LogP contribution >= 0.6 is 0 Å². The summed E-state index contributed by atoms with van der Waals surface area (Å²) in [6, 6.07) is 8.78. The Balaban J connectivity index is 1.42. The first-order chi connectivity index (χ1) is 11.7. The molecule has 2 atom stereocenters. The number of carbonyl (C=O) groups is 1. The quantitative estimate of drug-likeness (QED) is 0.930. The summed E-state index contributed by atoms with van der Waals surface area (Å²) in [5.41, 5.74) is 2.35. The zero-order valence-corrected chi connectivity index (χ0v) is 14.0. The Morgan fingerprint density at radius 1 is 1.29 bits per heavy atom. The minimum Gasteiger partial charge on any atom is -0.308 e. The van der Waals surface area contributed by atoms with Crippen molar-refractivity contribution in [2.45, 2.75) is 51.2 Å². The Hall–Kier alpha value is -2.21. The smallest absolute Gasteiger partial charge is 0.241 e. The van der Waals surface area contributed by atoms with Gasteiger partial charge in [-0.05, 0) is 37.8 Å². The van der Waals surface area contributed by atoms with Crippen LogP contribution < -0.4 is 10.2 Å². The van der Waals surface area contributed by atoms with Crippen LogP contribution in [0.3, 0.4) is 0 Å². The number of hydrogen-bond donors (Lipinski definition) is 1. The van der Waals surface area contributed by atoms with Gasteiger partial charge in [-0.25, -0.2) is 9.67 Å². The Morgan fingerprint density at radius 2 is 2.17 bits per heavy atom. The summed E-state index contributed by atoms with van der Waals surface area (Å²) in [7, 11) is 0. The maximum Gasteiger partial charge on any atom is 0.241 e. The predicted octanol–water partition coefficient (Wildman–Crippen LogP) is 1.55. The van der Waals surface area contributed by atoms with Gasteiger partial charge in [-0.3, -0.25) is 4.79 Å². The van der Waals surface area contributed by atoms with E-state index in [1.54, 1.807) is 6.33 Å². The zero-order valence-electron chi connectivity index (χ0n) is 14.0. The second-order valence-corrected chi connectivity index (χ2v) is 6.76. The van der Waals surface area contributed by atoms with Crippen molar-refractivity contribution < 1.29 is 4.79 Å². The van der Waals surface area contributed by atoms with Crippen molar-refractivity contribution in [2.24, 2.45) is 0 Å². The lowest BCUT2D eigenvalue weighted by Gasteiger charge is -2.36. The molecule has 0 saturated heterocycles. The molecular weight excluding hydrogens is 302 g/mol. The van der Waals surface area contributed by atoms with Gasteiger partial charge in [-0.1, -0.05) is 18.2 Å². The first-order valence-electron chi connectivity index (χ1n) is 8.72. The van der Waals surface area contributed by atoms with Crippen LogP contribution in [0.5, 0.6) is 0 Å². The summed E-state index contributed by atoms with van der Waals surface area (Å²) >= 11 is 0. The van der Waals surface area contributed by atoms with Crippen LogP contribution in [0.1, 0.15) is 31.2 Å². The van der Waals surface area contributed by atoms with E-state index in [-0.39, 0.29) is 18.0 Å². The van der Waals surface area contributed by atoms with Crippen molar-refractivity contribution >= 4 is 11.6 Å². The van der Waals surface area contributed by atoms with Gasteiger partial charge in [0, 0.05) is 24.2 Å². The first kappa shape index (κ1) is 15.3. The number of hydrogen-bond acceptors (Lipinski definition) is 4. The normalized spacial score (nSPS) is 22.8. The molecule has 126 valence electrons. The number of para-hydroxylation sites is 1. The van der Waals surface area contributed by atoms with Gasteiger partial charge in [0.2, 0.25) is 5.91 Å². The molecule has 4 rings (SSSR count). The number of aromatic nitrogens is 3. The average Bonchev–Trinajstić information content (AvgIpc) is 3.07. The van der Waals surface area contributed by atoms with Crippen molar-refractivity contribution in [2.75, 3.05) is 11.4 Å². The molecule has 6 nitrogen and oxygen atoms in total. The summed E-state index contributed by atoms with van der Waals surface area (Å²) < 4.78 is 1.93. The Morgan fingerprint density at radius 3 is 3.08 bits per heavy atom. The lowest BCUT2D eigenvalue weighted by molar-refractivity contribution is -0.118. The maximum atomic E-state index is 12.8. The molecule has 1 aromatic carbocycles. The van der Waals surface area contributed by atoms with E-state index in [4.69, 9.17) is 0 Å². The van der Waals surface area contributed by atoms with E-state index in [1.807, 2.05) is 21.7 Å². The van der Waals surface area contributed by atoms with E-state index in [0.29, 0.717) is 6.54 Å². The molecule has 3 heterocycles. The highest BCUT2D eigenvalue weighted by molar-refractivity contribution is 5.96. The third-order valence-electron chi connectivity index (χ3n) is 5.14. The highest BCUT2D eigenvalue weighted by Crippen LogP contribution is 2.30. The van der Waals surface area contributed by atoms with Gasteiger partial charge in [0.1, 0.15) is 12.2 Å². The third-order valence-corrected chi connectivity index (χ3v) is 5.14. The van der Waals surface area contributed by atoms with Crippen molar-refractivity contribution in [1.82, 2.24) is 20.1 Å². The SMILES string of the molecule is C[C@H]1CCc2ccccc2N1C(=O)CN[C@H]1CCc2ncnn2C1. The number of aryl methyl sites for hydroxylation is 2. The van der Waals surface area contributed by atoms with Gasteiger partial charge in [-0.2, -0.15) is 5.10 Å². The van der Waals surface area contributed by atoms with Crippen molar-refractivity contribution in [3.05, 3.63) is 42.0 Å². The average molecular weight is 325 g/mol. The molecule has 2 aromatic rings. The number of amides is 1. The third kappa shape index (κ3) is 2.82. The second-order valence-electron chi connectivity index (χ2n) is 6.76. The van der Waals surface area contributed by atoms with Crippen LogP contribution in [0, 0.1) is 0 Å². The molecule has 0 spiro atoms. The molecule has 6 heteroatoms. The largest absolute Gasteiger partial charge is 0.308 e. The van der Waals surface area contributed by atoms with Gasteiger partial charge in [0.15, 0.2) is 0 Å². The van der Waals surface area contributed by atoms with Crippen LogP contribution in [0.4, 0.5) is 5.69 Å². The number of nitrogens with zero attached hydrogens (tertiary/aromatic N) is 4. The number of nitrogens with one attached hydrogen (secondary N) is 1. The van der Waals surface area contributed by atoms with Gasteiger partial charge >= 0.3 is 0 Å². The monoisotopic (exact) mass is 325 g/mol. The van der Waals surface area contributed by atoms with E-state index in [2.05, 4.69) is 34.5 Å². The van der Waals surface area contributed by atoms with Crippen LogP contribution in [0.2, 0.25) is 0 Å². The molecular formula is C18H23N5O. The fraction of sp³-hybridized carbons (Fsp3) is 0.500. The molecule has 2 aliphatic heterocycles. The fourth-order valence-corrected chi connectivity index (χ4v) is 3.79. The second kappa shape index (κ2) is 6.36. The molecule has 0 radical (unpaired) electrons. The number of rotatable bonds is 3. The molecule has 0 aliphatic carbocycles. The summed E-state index contributed by atoms with van der Waals surface area (Å²) in [6.45, 7) is 3.29. The lowest BCUT2D eigenvalue weighted by Crippen LogP contribution is -2.49.